The van der Waals surface area contributed by atoms with E-state index in [9.17, 15) is 14.4 Å². The van der Waals surface area contributed by atoms with Crippen molar-refractivity contribution in [2.45, 2.75) is 46.3 Å². The van der Waals surface area contributed by atoms with Crippen LogP contribution in [0.4, 0.5) is 11.4 Å². The van der Waals surface area contributed by atoms with Crippen molar-refractivity contribution in [1.82, 2.24) is 9.78 Å². The van der Waals surface area contributed by atoms with Crippen molar-refractivity contribution < 1.29 is 23.9 Å². The highest BCUT2D eigenvalue weighted by Crippen LogP contribution is 2.33. The van der Waals surface area contributed by atoms with Crippen molar-refractivity contribution in [3.8, 4) is 5.75 Å². The van der Waals surface area contributed by atoms with Gasteiger partial charge in [0, 0.05) is 13.6 Å². The topological polar surface area (TPSA) is 103 Å². The minimum atomic E-state index is -0.983. The van der Waals surface area contributed by atoms with Crippen LogP contribution in [0.5, 0.6) is 5.75 Å². The number of aryl methyl sites for hydroxylation is 2. The monoisotopic (exact) mass is 414 g/mol. The van der Waals surface area contributed by atoms with Gasteiger partial charge in [0.05, 0.1) is 29.2 Å². The van der Waals surface area contributed by atoms with Gasteiger partial charge in [-0.1, -0.05) is 12.1 Å². The molecule has 2 atom stereocenters. The summed E-state index contributed by atoms with van der Waals surface area (Å²) >= 11 is 0. The number of carbonyl (C=O) groups excluding carboxylic acids is 3. The van der Waals surface area contributed by atoms with Crippen LogP contribution in [0.2, 0.25) is 0 Å². The predicted octanol–water partition coefficient (Wildman–Crippen LogP) is 2.11. The van der Waals surface area contributed by atoms with E-state index < -0.39 is 24.1 Å². The Labute approximate surface area is 174 Å². The van der Waals surface area contributed by atoms with E-state index in [2.05, 4.69) is 10.4 Å². The van der Waals surface area contributed by atoms with Gasteiger partial charge in [0.25, 0.3) is 11.8 Å². The maximum Gasteiger partial charge on any atom is 0.308 e. The fourth-order valence-electron chi connectivity index (χ4n) is 3.28. The lowest BCUT2D eigenvalue weighted by Crippen LogP contribution is -2.45. The summed E-state index contributed by atoms with van der Waals surface area (Å²) in [5.41, 5.74) is 2.70. The Morgan fingerprint density at radius 1 is 1.30 bits per heavy atom. The van der Waals surface area contributed by atoms with Gasteiger partial charge in [-0.3, -0.25) is 19.1 Å². The minimum Gasteiger partial charge on any atom is -0.479 e. The van der Waals surface area contributed by atoms with E-state index in [1.54, 1.807) is 43.8 Å². The number of benzene rings is 1. The summed E-state index contributed by atoms with van der Waals surface area (Å²) in [6.45, 7) is 6.93. The Morgan fingerprint density at radius 3 is 2.67 bits per heavy atom. The number of rotatable bonds is 6. The summed E-state index contributed by atoms with van der Waals surface area (Å²) in [7, 11) is 1.79. The molecule has 0 bridgehead atoms. The zero-order valence-electron chi connectivity index (χ0n) is 17.8. The molecule has 0 saturated heterocycles. The van der Waals surface area contributed by atoms with Crippen molar-refractivity contribution in [3.63, 3.8) is 0 Å². The molecule has 30 heavy (non-hydrogen) atoms. The van der Waals surface area contributed by atoms with E-state index in [0.29, 0.717) is 22.8 Å². The number of aromatic nitrogens is 2. The lowest BCUT2D eigenvalue weighted by atomic mass is 10.2. The first kappa shape index (κ1) is 21.4. The Kier molecular flexibility index (Phi) is 6.09. The molecule has 0 spiro atoms. The van der Waals surface area contributed by atoms with Crippen LogP contribution in [0.25, 0.3) is 0 Å². The number of carbonyl (C=O) groups is 3. The SMILES string of the molecule is Cc1nn(C)c(C)c1NC(=O)C(C)OC(=O)CCN1C(=O)C(C)Oc2ccccc21. The molecule has 1 aromatic carbocycles. The van der Waals surface area contributed by atoms with Gasteiger partial charge in [0.2, 0.25) is 0 Å². The van der Waals surface area contributed by atoms with Crippen LogP contribution in [0.3, 0.4) is 0 Å². The molecule has 2 heterocycles. The molecule has 0 fully saturated rings. The van der Waals surface area contributed by atoms with Gasteiger partial charge >= 0.3 is 5.97 Å². The summed E-state index contributed by atoms with van der Waals surface area (Å²) in [6.07, 6.45) is -1.66. The number of hydrogen-bond acceptors (Lipinski definition) is 6. The second-order valence-corrected chi connectivity index (χ2v) is 7.26. The molecule has 2 unspecified atom stereocenters. The van der Waals surface area contributed by atoms with Crippen molar-refractivity contribution in [3.05, 3.63) is 35.7 Å². The zero-order valence-corrected chi connectivity index (χ0v) is 17.8. The Balaban J connectivity index is 1.58. The number of anilines is 2. The van der Waals surface area contributed by atoms with Crippen molar-refractivity contribution in [2.75, 3.05) is 16.8 Å². The summed E-state index contributed by atoms with van der Waals surface area (Å²) < 4.78 is 12.5. The first-order valence-corrected chi connectivity index (χ1v) is 9.76. The third-order valence-corrected chi connectivity index (χ3v) is 5.05. The van der Waals surface area contributed by atoms with E-state index in [0.717, 1.165) is 5.69 Å². The van der Waals surface area contributed by atoms with Gasteiger partial charge in [0.1, 0.15) is 5.75 Å². The quantitative estimate of drug-likeness (QED) is 0.727. The lowest BCUT2D eigenvalue weighted by Gasteiger charge is -2.32. The highest BCUT2D eigenvalue weighted by Gasteiger charge is 2.31. The van der Waals surface area contributed by atoms with Gasteiger partial charge in [-0.15, -0.1) is 0 Å². The van der Waals surface area contributed by atoms with Crippen LogP contribution in [0, 0.1) is 13.8 Å². The standard InChI is InChI=1S/C21H26N4O5/c1-12-19(13(2)24(5)23-12)22-20(27)14(3)30-18(26)10-11-25-16-8-6-7-9-17(16)29-15(4)21(25)28/h6-9,14-15H,10-11H2,1-5H3,(H,22,27). The number of nitrogens with zero attached hydrogens (tertiary/aromatic N) is 3. The largest absolute Gasteiger partial charge is 0.479 e. The van der Waals surface area contributed by atoms with E-state index >= 15 is 0 Å². The molecule has 0 radical (unpaired) electrons. The molecule has 1 N–H and O–H groups in total. The number of hydrogen-bond donors (Lipinski definition) is 1. The van der Waals surface area contributed by atoms with Crippen LogP contribution in [0.15, 0.2) is 24.3 Å². The Bertz CT molecular complexity index is 984. The highest BCUT2D eigenvalue weighted by atomic mass is 16.5. The molecule has 2 amide bonds. The van der Waals surface area contributed by atoms with E-state index in [4.69, 9.17) is 9.47 Å². The van der Waals surface area contributed by atoms with E-state index in [-0.39, 0.29) is 18.9 Å². The van der Waals surface area contributed by atoms with Gasteiger partial charge < -0.3 is 19.7 Å². The van der Waals surface area contributed by atoms with Crippen molar-refractivity contribution in [1.29, 1.82) is 0 Å². The average Bonchev–Trinajstić information content (AvgIpc) is 2.94. The van der Waals surface area contributed by atoms with Crippen LogP contribution >= 0.6 is 0 Å². The predicted molar refractivity (Wildman–Crippen MR) is 110 cm³/mol. The van der Waals surface area contributed by atoms with E-state index in [1.807, 2.05) is 13.0 Å². The number of fused-ring (bicyclic) bond motifs is 1. The summed E-state index contributed by atoms with van der Waals surface area (Å²) in [6, 6.07) is 7.16. The Morgan fingerprint density at radius 2 is 2.00 bits per heavy atom. The number of amides is 2. The van der Waals surface area contributed by atoms with Crippen LogP contribution in [-0.2, 0) is 26.2 Å². The smallest absolute Gasteiger partial charge is 0.308 e. The number of esters is 1. The minimum absolute atomic E-state index is 0.0463. The first-order chi connectivity index (χ1) is 14.2. The van der Waals surface area contributed by atoms with Crippen LogP contribution in [0.1, 0.15) is 31.7 Å². The molecule has 0 aliphatic carbocycles. The lowest BCUT2D eigenvalue weighted by molar-refractivity contribution is -0.153. The van der Waals surface area contributed by atoms with E-state index in [1.165, 1.54) is 11.8 Å². The molecular formula is C21H26N4O5. The number of para-hydroxylation sites is 2. The molecule has 3 rings (SSSR count). The van der Waals surface area contributed by atoms with Crippen molar-refractivity contribution >= 4 is 29.2 Å². The summed E-state index contributed by atoms with van der Waals surface area (Å²) in [5, 5.41) is 7.00. The fraction of sp³-hybridized carbons (Fsp3) is 0.429. The van der Waals surface area contributed by atoms with Gasteiger partial charge in [-0.05, 0) is 39.8 Å². The van der Waals surface area contributed by atoms with Crippen LogP contribution < -0.4 is 15.0 Å². The summed E-state index contributed by atoms with van der Waals surface area (Å²) in [5.74, 6) is -0.645. The van der Waals surface area contributed by atoms with Gasteiger partial charge in [-0.2, -0.15) is 5.10 Å². The number of ether oxygens (including phenoxy) is 2. The Hall–Kier alpha value is -3.36. The second kappa shape index (κ2) is 8.56. The highest BCUT2D eigenvalue weighted by molar-refractivity contribution is 6.00. The molecule has 9 heteroatoms. The maximum atomic E-state index is 12.5. The molecule has 1 aromatic heterocycles. The van der Waals surface area contributed by atoms with Gasteiger partial charge in [0.15, 0.2) is 12.2 Å². The average molecular weight is 414 g/mol. The normalized spacial score (nSPS) is 16.5. The second-order valence-electron chi connectivity index (χ2n) is 7.26. The molecule has 160 valence electrons. The van der Waals surface area contributed by atoms with Crippen LogP contribution in [-0.4, -0.2) is 46.3 Å². The third kappa shape index (κ3) is 4.29. The maximum absolute atomic E-state index is 12.5. The molecular weight excluding hydrogens is 388 g/mol. The van der Waals surface area contributed by atoms with Crippen molar-refractivity contribution in [2.24, 2.45) is 7.05 Å². The summed E-state index contributed by atoms with van der Waals surface area (Å²) in [4.78, 5) is 38.7. The first-order valence-electron chi connectivity index (χ1n) is 9.76. The van der Waals surface area contributed by atoms with Gasteiger partial charge in [-0.25, -0.2) is 0 Å². The fourth-order valence-corrected chi connectivity index (χ4v) is 3.28. The molecule has 2 aromatic rings. The zero-order chi connectivity index (χ0) is 22.0. The molecule has 1 aliphatic rings. The number of nitrogens with one attached hydrogen (secondary N) is 1. The third-order valence-electron chi connectivity index (χ3n) is 5.05. The molecule has 9 nitrogen and oxygen atoms in total. The molecule has 1 aliphatic heterocycles. The molecule has 0 saturated carbocycles.